The molecule has 0 amide bonds. The predicted octanol–water partition coefficient (Wildman–Crippen LogP) is 3.24. The third-order valence-electron chi connectivity index (χ3n) is 4.26. The van der Waals surface area contributed by atoms with E-state index in [2.05, 4.69) is 4.90 Å². The van der Waals surface area contributed by atoms with Crippen LogP contribution in [0.3, 0.4) is 0 Å². The van der Waals surface area contributed by atoms with Crippen LogP contribution in [0.2, 0.25) is 5.02 Å². The van der Waals surface area contributed by atoms with E-state index in [1.54, 1.807) is 6.07 Å². The van der Waals surface area contributed by atoms with Crippen molar-refractivity contribution in [3.63, 3.8) is 0 Å². The maximum Gasteiger partial charge on any atom is 0.144 e. The minimum Gasteiger partial charge on any atom is -0.393 e. The number of Topliss-reactive ketones (excluding diaryl/α,β-unsaturated/α-hetero) is 1. The Balaban J connectivity index is 2.19. The molecule has 2 rings (SSSR count). The van der Waals surface area contributed by atoms with Gasteiger partial charge in [0.25, 0.3) is 0 Å². The van der Waals surface area contributed by atoms with E-state index in [9.17, 15) is 14.3 Å². The molecule has 1 aliphatic rings. The number of rotatable bonds is 5. The smallest absolute Gasteiger partial charge is 0.144 e. The standard InChI is InChI=1S/C17H23ClFNO2/c1-11(2)17(22)14(10-20-7-5-13(21)6-8-20)12-3-4-15(18)16(19)9-12/h3-4,9,11,13-14,21H,5-8,10H2,1-2H3/t14-/m0/s1. The highest BCUT2D eigenvalue weighted by atomic mass is 35.5. The molecule has 3 nitrogen and oxygen atoms in total. The van der Waals surface area contributed by atoms with Gasteiger partial charge in [-0.25, -0.2) is 4.39 Å². The van der Waals surface area contributed by atoms with Gasteiger partial charge in [-0.15, -0.1) is 0 Å². The van der Waals surface area contributed by atoms with Crippen LogP contribution in [0.4, 0.5) is 4.39 Å². The number of hydrogen-bond donors (Lipinski definition) is 1. The Morgan fingerprint density at radius 1 is 1.41 bits per heavy atom. The molecule has 0 spiro atoms. The number of likely N-dealkylation sites (tertiary alicyclic amines) is 1. The van der Waals surface area contributed by atoms with E-state index in [0.717, 1.165) is 25.9 Å². The summed E-state index contributed by atoms with van der Waals surface area (Å²) in [6, 6.07) is 4.61. The monoisotopic (exact) mass is 327 g/mol. The molecule has 0 aliphatic carbocycles. The third kappa shape index (κ3) is 4.28. The number of hydrogen-bond acceptors (Lipinski definition) is 3. The summed E-state index contributed by atoms with van der Waals surface area (Å²) < 4.78 is 13.7. The lowest BCUT2D eigenvalue weighted by Gasteiger charge is -2.32. The molecule has 0 saturated carbocycles. The third-order valence-corrected chi connectivity index (χ3v) is 4.56. The average molecular weight is 328 g/mol. The Bertz CT molecular complexity index is 527. The summed E-state index contributed by atoms with van der Waals surface area (Å²) in [7, 11) is 0. The van der Waals surface area contributed by atoms with E-state index in [4.69, 9.17) is 11.6 Å². The van der Waals surface area contributed by atoms with E-state index in [1.807, 2.05) is 13.8 Å². The molecular weight excluding hydrogens is 305 g/mol. The molecule has 22 heavy (non-hydrogen) atoms. The van der Waals surface area contributed by atoms with Crippen LogP contribution in [-0.2, 0) is 4.79 Å². The summed E-state index contributed by atoms with van der Waals surface area (Å²) >= 11 is 5.74. The van der Waals surface area contributed by atoms with Crippen molar-refractivity contribution in [2.45, 2.75) is 38.7 Å². The van der Waals surface area contributed by atoms with Crippen molar-refractivity contribution in [2.24, 2.45) is 5.92 Å². The van der Waals surface area contributed by atoms with Gasteiger partial charge >= 0.3 is 0 Å². The lowest BCUT2D eigenvalue weighted by Crippen LogP contribution is -2.40. The molecule has 0 bridgehead atoms. The second-order valence-corrected chi connectivity index (χ2v) is 6.72. The van der Waals surface area contributed by atoms with Gasteiger partial charge in [-0.1, -0.05) is 31.5 Å². The minimum absolute atomic E-state index is 0.0700. The van der Waals surface area contributed by atoms with Crippen LogP contribution in [0, 0.1) is 11.7 Å². The summed E-state index contributed by atoms with van der Waals surface area (Å²) in [5.74, 6) is -0.858. The minimum atomic E-state index is -0.491. The number of nitrogens with zero attached hydrogens (tertiary/aromatic N) is 1. The first-order chi connectivity index (χ1) is 10.4. The summed E-state index contributed by atoms with van der Waals surface area (Å²) in [4.78, 5) is 14.7. The van der Waals surface area contributed by atoms with Crippen molar-refractivity contribution in [1.29, 1.82) is 0 Å². The van der Waals surface area contributed by atoms with Gasteiger partial charge < -0.3 is 10.0 Å². The van der Waals surface area contributed by atoms with Crippen LogP contribution in [-0.4, -0.2) is 41.5 Å². The molecule has 0 unspecified atom stereocenters. The van der Waals surface area contributed by atoms with Crippen LogP contribution >= 0.6 is 11.6 Å². The van der Waals surface area contributed by atoms with E-state index in [1.165, 1.54) is 12.1 Å². The Morgan fingerprint density at radius 3 is 2.59 bits per heavy atom. The zero-order chi connectivity index (χ0) is 16.3. The fourth-order valence-corrected chi connectivity index (χ4v) is 2.97. The van der Waals surface area contributed by atoms with Crippen LogP contribution in [0.5, 0.6) is 0 Å². The number of ketones is 1. The van der Waals surface area contributed by atoms with Gasteiger partial charge in [-0.2, -0.15) is 0 Å². The van der Waals surface area contributed by atoms with Crippen molar-refractivity contribution in [3.8, 4) is 0 Å². The zero-order valence-electron chi connectivity index (χ0n) is 13.1. The van der Waals surface area contributed by atoms with Crippen LogP contribution in [0.25, 0.3) is 0 Å². The van der Waals surface area contributed by atoms with Gasteiger partial charge in [-0.05, 0) is 30.5 Å². The largest absolute Gasteiger partial charge is 0.393 e. The van der Waals surface area contributed by atoms with Gasteiger partial charge in [0.1, 0.15) is 11.6 Å². The van der Waals surface area contributed by atoms with Crippen LogP contribution in [0.15, 0.2) is 18.2 Å². The Hall–Kier alpha value is -0.970. The van der Waals surface area contributed by atoms with Crippen molar-refractivity contribution in [2.75, 3.05) is 19.6 Å². The lowest BCUT2D eigenvalue weighted by atomic mass is 9.88. The predicted molar refractivity (Wildman–Crippen MR) is 85.7 cm³/mol. The Kier molecular flexibility index (Phi) is 5.95. The number of aliphatic hydroxyl groups is 1. The Labute approximate surface area is 136 Å². The summed E-state index contributed by atoms with van der Waals surface area (Å²) in [5, 5.41) is 9.65. The quantitative estimate of drug-likeness (QED) is 0.902. The lowest BCUT2D eigenvalue weighted by molar-refractivity contribution is -0.124. The van der Waals surface area contributed by atoms with Crippen molar-refractivity contribution in [1.82, 2.24) is 4.90 Å². The fraction of sp³-hybridized carbons (Fsp3) is 0.588. The van der Waals surface area contributed by atoms with Gasteiger partial charge in [0.05, 0.1) is 17.0 Å². The highest BCUT2D eigenvalue weighted by molar-refractivity contribution is 6.30. The number of aliphatic hydroxyl groups excluding tert-OH is 1. The molecule has 1 atom stereocenters. The molecule has 1 aromatic rings. The van der Waals surface area contributed by atoms with Crippen molar-refractivity contribution >= 4 is 17.4 Å². The van der Waals surface area contributed by atoms with Crippen LogP contribution < -0.4 is 0 Å². The topological polar surface area (TPSA) is 40.5 Å². The number of carbonyl (C=O) groups is 1. The summed E-state index contributed by atoms with van der Waals surface area (Å²) in [6.45, 7) is 5.81. The fourth-order valence-electron chi connectivity index (χ4n) is 2.85. The van der Waals surface area contributed by atoms with E-state index >= 15 is 0 Å². The van der Waals surface area contributed by atoms with Gasteiger partial charge in [0.2, 0.25) is 0 Å². The molecule has 0 radical (unpaired) electrons. The second kappa shape index (κ2) is 7.53. The second-order valence-electron chi connectivity index (χ2n) is 6.31. The SMILES string of the molecule is CC(C)C(=O)[C@@H](CN1CCC(O)CC1)c1ccc(Cl)c(F)c1. The maximum absolute atomic E-state index is 13.7. The first-order valence-electron chi connectivity index (χ1n) is 7.77. The van der Waals surface area contributed by atoms with Crippen molar-refractivity contribution in [3.05, 3.63) is 34.6 Å². The molecule has 122 valence electrons. The first kappa shape index (κ1) is 17.4. The molecule has 1 heterocycles. The number of halogens is 2. The molecule has 5 heteroatoms. The highest BCUT2D eigenvalue weighted by Crippen LogP contribution is 2.26. The van der Waals surface area contributed by atoms with Gasteiger partial charge in [0.15, 0.2) is 0 Å². The van der Waals surface area contributed by atoms with E-state index < -0.39 is 5.82 Å². The average Bonchev–Trinajstić information content (AvgIpc) is 2.49. The first-order valence-corrected chi connectivity index (χ1v) is 8.15. The molecule has 1 aliphatic heterocycles. The molecule has 1 fully saturated rings. The summed E-state index contributed by atoms with van der Waals surface area (Å²) in [5.41, 5.74) is 0.673. The zero-order valence-corrected chi connectivity index (χ0v) is 13.8. The van der Waals surface area contributed by atoms with E-state index in [-0.39, 0.29) is 28.7 Å². The molecule has 1 saturated heterocycles. The molecule has 0 aromatic heterocycles. The number of benzene rings is 1. The highest BCUT2D eigenvalue weighted by Gasteiger charge is 2.28. The molecule has 1 N–H and O–H groups in total. The molecular formula is C17H23ClFNO2. The van der Waals surface area contributed by atoms with Gasteiger partial charge in [-0.3, -0.25) is 4.79 Å². The Morgan fingerprint density at radius 2 is 2.05 bits per heavy atom. The molecule has 1 aromatic carbocycles. The van der Waals surface area contributed by atoms with Crippen LogP contribution in [0.1, 0.15) is 38.2 Å². The van der Waals surface area contributed by atoms with E-state index in [0.29, 0.717) is 12.1 Å². The number of piperidine rings is 1. The summed E-state index contributed by atoms with van der Waals surface area (Å²) in [6.07, 6.45) is 1.19. The number of carbonyl (C=O) groups excluding carboxylic acids is 1. The normalized spacial score (nSPS) is 18.6. The van der Waals surface area contributed by atoms with Crippen molar-refractivity contribution < 1.29 is 14.3 Å². The van der Waals surface area contributed by atoms with Gasteiger partial charge in [0, 0.05) is 25.6 Å². The maximum atomic E-state index is 13.7.